The molecule has 3 aromatic rings. The van der Waals surface area contributed by atoms with Crippen molar-refractivity contribution in [1.29, 1.82) is 0 Å². The van der Waals surface area contributed by atoms with Gasteiger partial charge in [0.1, 0.15) is 5.82 Å². The fourth-order valence-electron chi connectivity index (χ4n) is 3.65. The number of aromatic nitrogens is 2. The van der Waals surface area contributed by atoms with Gasteiger partial charge in [0.15, 0.2) is 11.5 Å². The van der Waals surface area contributed by atoms with Crippen LogP contribution in [-0.4, -0.2) is 29.4 Å². The third-order valence-corrected chi connectivity index (χ3v) is 5.36. The number of carbonyl (C=O) groups is 1. The van der Waals surface area contributed by atoms with E-state index in [0.717, 1.165) is 42.6 Å². The third kappa shape index (κ3) is 3.87. The van der Waals surface area contributed by atoms with Gasteiger partial charge in [0.2, 0.25) is 0 Å². The lowest BCUT2D eigenvalue weighted by atomic mass is 10.1. The van der Waals surface area contributed by atoms with Crippen LogP contribution in [0.3, 0.4) is 0 Å². The molecular formula is C23H24ClN3O3. The van der Waals surface area contributed by atoms with Crippen molar-refractivity contribution in [2.45, 2.75) is 32.6 Å². The zero-order valence-electron chi connectivity index (χ0n) is 17.1. The maximum atomic E-state index is 13.1. The van der Waals surface area contributed by atoms with Crippen LogP contribution in [0.15, 0.2) is 42.5 Å². The van der Waals surface area contributed by atoms with Gasteiger partial charge in [0.25, 0.3) is 5.91 Å². The molecule has 0 radical (unpaired) electrons. The molecule has 1 heterocycles. The minimum atomic E-state index is -0.274. The maximum absolute atomic E-state index is 13.1. The second-order valence-electron chi connectivity index (χ2n) is 7.17. The molecule has 0 saturated carbocycles. The second-order valence-corrected chi connectivity index (χ2v) is 7.57. The molecule has 6 nitrogen and oxygen atoms in total. The number of hydrogen-bond donors (Lipinski definition) is 1. The summed E-state index contributed by atoms with van der Waals surface area (Å²) in [6.45, 7) is 2.53. The Hall–Kier alpha value is -2.99. The van der Waals surface area contributed by atoms with E-state index in [4.69, 9.17) is 26.2 Å². The van der Waals surface area contributed by atoms with Gasteiger partial charge in [-0.2, -0.15) is 5.10 Å². The van der Waals surface area contributed by atoms with Crippen molar-refractivity contribution in [1.82, 2.24) is 9.78 Å². The number of hydrogen-bond acceptors (Lipinski definition) is 4. The highest BCUT2D eigenvalue weighted by Crippen LogP contribution is 2.37. The molecule has 2 aromatic carbocycles. The minimum Gasteiger partial charge on any atom is -0.493 e. The van der Waals surface area contributed by atoms with Gasteiger partial charge in [-0.3, -0.25) is 4.79 Å². The molecule has 0 unspecified atom stereocenters. The molecule has 156 valence electrons. The summed E-state index contributed by atoms with van der Waals surface area (Å²) in [6, 6.07) is 13.1. The highest BCUT2D eigenvalue weighted by Gasteiger charge is 2.25. The fraction of sp³-hybridized carbons (Fsp3) is 0.304. The fourth-order valence-corrected chi connectivity index (χ4v) is 3.92. The lowest BCUT2D eigenvalue weighted by Crippen LogP contribution is -2.16. The van der Waals surface area contributed by atoms with Crippen LogP contribution in [0, 0.1) is 0 Å². The van der Waals surface area contributed by atoms with E-state index < -0.39 is 0 Å². The SMILES string of the molecule is CCCOc1c(Cl)cc(C(=O)Nc2c3c(nn2-c2ccccc2)CCC3)cc1OC. The number of methoxy groups -OCH3 is 1. The van der Waals surface area contributed by atoms with Crippen LogP contribution in [0.4, 0.5) is 5.82 Å². The standard InChI is InChI=1S/C23H24ClN3O3/c1-3-12-30-21-18(24)13-15(14-20(21)29-2)23(28)25-22-17-10-7-11-19(17)26-27(22)16-8-5-4-6-9-16/h4-6,8-9,13-14H,3,7,10-12H2,1-2H3,(H,25,28). The molecule has 0 aliphatic heterocycles. The van der Waals surface area contributed by atoms with E-state index in [9.17, 15) is 4.79 Å². The molecule has 4 rings (SSSR count). The van der Waals surface area contributed by atoms with E-state index in [1.807, 2.05) is 37.3 Å². The molecule has 1 amide bonds. The van der Waals surface area contributed by atoms with Gasteiger partial charge in [0, 0.05) is 11.1 Å². The molecule has 0 fully saturated rings. The summed E-state index contributed by atoms with van der Waals surface area (Å²) >= 11 is 6.39. The van der Waals surface area contributed by atoms with Crippen molar-refractivity contribution >= 4 is 23.3 Å². The number of aryl methyl sites for hydroxylation is 1. The molecule has 30 heavy (non-hydrogen) atoms. The van der Waals surface area contributed by atoms with Gasteiger partial charge in [0.05, 0.1) is 30.1 Å². The van der Waals surface area contributed by atoms with Crippen LogP contribution in [0.5, 0.6) is 11.5 Å². The predicted molar refractivity (Wildman–Crippen MR) is 117 cm³/mol. The van der Waals surface area contributed by atoms with Gasteiger partial charge in [-0.15, -0.1) is 0 Å². The van der Waals surface area contributed by atoms with E-state index in [2.05, 4.69) is 5.32 Å². The van der Waals surface area contributed by atoms with E-state index in [1.165, 1.54) is 7.11 Å². The number of rotatable bonds is 7. The largest absolute Gasteiger partial charge is 0.493 e. The Morgan fingerprint density at radius 2 is 2.03 bits per heavy atom. The number of amides is 1. The van der Waals surface area contributed by atoms with Crippen LogP contribution in [0.2, 0.25) is 5.02 Å². The van der Waals surface area contributed by atoms with Crippen molar-refractivity contribution in [3.63, 3.8) is 0 Å². The van der Waals surface area contributed by atoms with Crippen LogP contribution in [-0.2, 0) is 12.8 Å². The molecule has 1 aliphatic rings. The Kier molecular flexibility index (Phi) is 5.95. The normalized spacial score (nSPS) is 12.5. The van der Waals surface area contributed by atoms with Gasteiger partial charge in [-0.05, 0) is 49.9 Å². The summed E-state index contributed by atoms with van der Waals surface area (Å²) in [5.74, 6) is 1.32. The predicted octanol–water partition coefficient (Wildman–Crippen LogP) is 5.06. The number of fused-ring (bicyclic) bond motifs is 1. The molecule has 0 saturated heterocycles. The first-order valence-corrected chi connectivity index (χ1v) is 10.5. The highest BCUT2D eigenvalue weighted by atomic mass is 35.5. The van der Waals surface area contributed by atoms with E-state index >= 15 is 0 Å². The molecule has 0 spiro atoms. The minimum absolute atomic E-state index is 0.274. The topological polar surface area (TPSA) is 65.4 Å². The van der Waals surface area contributed by atoms with Crippen molar-refractivity contribution in [2.24, 2.45) is 0 Å². The number of nitrogens with one attached hydrogen (secondary N) is 1. The zero-order chi connectivity index (χ0) is 21.1. The van der Waals surface area contributed by atoms with Crippen LogP contribution in [0.25, 0.3) is 5.69 Å². The third-order valence-electron chi connectivity index (χ3n) is 5.08. The van der Waals surface area contributed by atoms with Crippen LogP contribution >= 0.6 is 11.6 Å². The average Bonchev–Trinajstić information content (AvgIpc) is 3.35. The Bertz CT molecular complexity index is 1060. The molecule has 1 aromatic heterocycles. The Labute approximate surface area is 180 Å². The number of halogens is 1. The summed E-state index contributed by atoms with van der Waals surface area (Å²) in [4.78, 5) is 13.1. The van der Waals surface area contributed by atoms with Crippen molar-refractivity contribution in [3.05, 3.63) is 64.3 Å². The molecule has 0 atom stereocenters. The summed E-state index contributed by atoms with van der Waals surface area (Å²) in [7, 11) is 1.53. The number of carbonyl (C=O) groups excluding carboxylic acids is 1. The average molecular weight is 426 g/mol. The van der Waals surface area contributed by atoms with Crippen LogP contribution < -0.4 is 14.8 Å². The summed E-state index contributed by atoms with van der Waals surface area (Å²) in [6.07, 6.45) is 3.70. The lowest BCUT2D eigenvalue weighted by Gasteiger charge is -2.15. The summed E-state index contributed by atoms with van der Waals surface area (Å²) < 4.78 is 12.9. The first-order chi connectivity index (χ1) is 14.6. The van der Waals surface area contributed by atoms with Gasteiger partial charge < -0.3 is 14.8 Å². The molecular weight excluding hydrogens is 402 g/mol. The zero-order valence-corrected chi connectivity index (χ0v) is 17.8. The summed E-state index contributed by atoms with van der Waals surface area (Å²) in [5.41, 5.74) is 3.43. The second kappa shape index (κ2) is 8.79. The Morgan fingerprint density at radius 3 is 2.77 bits per heavy atom. The van der Waals surface area contributed by atoms with Gasteiger partial charge >= 0.3 is 0 Å². The molecule has 1 aliphatic carbocycles. The van der Waals surface area contributed by atoms with Gasteiger partial charge in [-0.25, -0.2) is 4.68 Å². The number of nitrogens with zero attached hydrogens (tertiary/aromatic N) is 2. The smallest absolute Gasteiger partial charge is 0.257 e. The Balaban J connectivity index is 1.67. The number of ether oxygens (including phenoxy) is 2. The molecule has 0 bridgehead atoms. The quantitative estimate of drug-likeness (QED) is 0.574. The first-order valence-electron chi connectivity index (χ1n) is 10.1. The Morgan fingerprint density at radius 1 is 1.23 bits per heavy atom. The summed E-state index contributed by atoms with van der Waals surface area (Å²) in [5, 5.41) is 8.13. The van der Waals surface area contributed by atoms with Crippen molar-refractivity contribution in [2.75, 3.05) is 19.0 Å². The number of benzene rings is 2. The maximum Gasteiger partial charge on any atom is 0.257 e. The first kappa shape index (κ1) is 20.3. The molecule has 1 N–H and O–H groups in total. The monoisotopic (exact) mass is 425 g/mol. The van der Waals surface area contributed by atoms with Gasteiger partial charge in [-0.1, -0.05) is 36.7 Å². The van der Waals surface area contributed by atoms with E-state index in [1.54, 1.807) is 16.8 Å². The lowest BCUT2D eigenvalue weighted by molar-refractivity contribution is 0.102. The van der Waals surface area contributed by atoms with Crippen molar-refractivity contribution < 1.29 is 14.3 Å². The van der Waals surface area contributed by atoms with Crippen molar-refractivity contribution in [3.8, 4) is 17.2 Å². The highest BCUT2D eigenvalue weighted by molar-refractivity contribution is 6.32. The van der Waals surface area contributed by atoms with E-state index in [-0.39, 0.29) is 5.91 Å². The number of anilines is 1. The van der Waals surface area contributed by atoms with Crippen LogP contribution in [0.1, 0.15) is 41.4 Å². The van der Waals surface area contributed by atoms with E-state index in [0.29, 0.717) is 34.5 Å². The molecule has 7 heteroatoms. The number of para-hydroxylation sites is 1.